The Morgan fingerprint density at radius 1 is 0.396 bits per heavy atom. The highest BCUT2D eigenvalue weighted by Crippen LogP contribution is 2.45. The van der Waals surface area contributed by atoms with Crippen LogP contribution in [0.1, 0.15) is 55.4 Å². The first-order chi connectivity index (χ1) is 22.4. The Morgan fingerprint density at radius 3 is 0.896 bits per heavy atom. The van der Waals surface area contributed by atoms with Crippen LogP contribution >= 0.6 is 21.6 Å². The summed E-state index contributed by atoms with van der Waals surface area (Å²) in [5.74, 6) is -6.37. The van der Waals surface area contributed by atoms with Gasteiger partial charge in [0.2, 0.25) is 0 Å². The van der Waals surface area contributed by atoms with Gasteiger partial charge in [0.25, 0.3) is 0 Å². The van der Waals surface area contributed by atoms with E-state index in [4.69, 9.17) is 47.4 Å². The van der Waals surface area contributed by atoms with Gasteiger partial charge in [-0.05, 0) is 0 Å². The molecule has 48 heavy (non-hydrogen) atoms. The van der Waals surface area contributed by atoms with E-state index in [0.29, 0.717) is 0 Å². The second kappa shape index (κ2) is 18.8. The fourth-order valence-corrected chi connectivity index (χ4v) is 7.46. The summed E-state index contributed by atoms with van der Waals surface area (Å²) in [6.45, 7) is 7.75. The highest BCUT2D eigenvalue weighted by molar-refractivity contribution is 8.77. The van der Waals surface area contributed by atoms with Gasteiger partial charge in [-0.25, -0.2) is 0 Å². The summed E-state index contributed by atoms with van der Waals surface area (Å²) in [6.07, 6.45) is -11.1. The van der Waals surface area contributed by atoms with Crippen LogP contribution in [-0.2, 0) is 85.7 Å². The Hall–Kier alpha value is -3.62. The number of carbonyl (C=O) groups excluding carboxylic acids is 8. The molecule has 0 bridgehead atoms. The topological polar surface area (TPSA) is 229 Å². The van der Waals surface area contributed by atoms with Gasteiger partial charge in [0.05, 0.1) is 0 Å². The lowest BCUT2D eigenvalue weighted by Gasteiger charge is -2.46. The van der Waals surface area contributed by atoms with Crippen LogP contribution in [-0.4, -0.2) is 121 Å². The highest BCUT2D eigenvalue weighted by atomic mass is 33.1. The third kappa shape index (κ3) is 12.8. The molecular weight excluding hydrogens is 688 g/mol. The molecular formula is C28H38O18S2. The molecule has 2 rings (SSSR count). The van der Waals surface area contributed by atoms with Crippen LogP contribution in [0, 0.1) is 0 Å². The largest absolute Gasteiger partial charge is 0.463 e. The predicted molar refractivity (Wildman–Crippen MR) is 159 cm³/mol. The first-order valence-corrected chi connectivity index (χ1v) is 16.6. The van der Waals surface area contributed by atoms with E-state index in [1.165, 1.54) is 0 Å². The zero-order chi connectivity index (χ0) is 36.3. The van der Waals surface area contributed by atoms with Crippen molar-refractivity contribution in [1.29, 1.82) is 0 Å². The maximum atomic E-state index is 12.2. The summed E-state index contributed by atoms with van der Waals surface area (Å²) in [5.41, 5.74) is -2.55. The second-order valence-electron chi connectivity index (χ2n) is 10.3. The van der Waals surface area contributed by atoms with E-state index in [1.54, 1.807) is 0 Å². The fraction of sp³-hybridized carbons (Fsp3) is 0.714. The third-order valence-corrected chi connectivity index (χ3v) is 8.86. The molecule has 0 aromatic rings. The summed E-state index contributed by atoms with van der Waals surface area (Å²) >= 11 is 0. The maximum Gasteiger partial charge on any atom is 0.303 e. The molecule has 2 saturated heterocycles. The molecule has 270 valence electrons. The first-order valence-electron chi connectivity index (χ1n) is 14.3. The Kier molecular flexibility index (Phi) is 15.9. The number of rotatable bonds is 13. The van der Waals surface area contributed by atoms with Gasteiger partial charge in [-0.2, -0.15) is 0 Å². The monoisotopic (exact) mass is 726 g/mol. The van der Waals surface area contributed by atoms with Crippen molar-refractivity contribution in [3.05, 3.63) is 0 Å². The van der Waals surface area contributed by atoms with E-state index >= 15 is 0 Å². The quantitative estimate of drug-likeness (QED) is 0.143. The number of esters is 8. The average molecular weight is 727 g/mol. The first kappa shape index (κ1) is 40.6. The van der Waals surface area contributed by atoms with Gasteiger partial charge in [-0.1, -0.05) is 21.6 Å². The lowest BCUT2D eigenvalue weighted by Crippen LogP contribution is -2.62. The molecule has 18 nitrogen and oxygen atoms in total. The number of hydrogen-bond acceptors (Lipinski definition) is 20. The van der Waals surface area contributed by atoms with Crippen LogP contribution < -0.4 is 0 Å². The summed E-state index contributed by atoms with van der Waals surface area (Å²) < 4.78 is 54.9. The van der Waals surface area contributed by atoms with Crippen LogP contribution in [0.3, 0.4) is 0 Å². The molecule has 2 heterocycles. The molecule has 0 aromatic heterocycles. The molecule has 0 amide bonds. The number of ether oxygens (including phenoxy) is 10. The molecule has 0 radical (unpaired) electrons. The normalized spacial score (nSPS) is 29.7. The SMILES string of the molecule is CC(=O)OC[C@@H]1O[C@H](SS[C@@H]2O[C@H](COC(C)=O)[C@H](OC(C)=O)[C@H](OC(C)=O)[C@@H]2OC(C)=O)[C@H](OC(C)=O)[C@H](OC(C)=O)[C@@H]1OC(C)=O. The van der Waals surface area contributed by atoms with E-state index < -0.39 is 121 Å². The van der Waals surface area contributed by atoms with Crippen LogP contribution in [0.4, 0.5) is 0 Å². The van der Waals surface area contributed by atoms with Gasteiger partial charge in [0.15, 0.2) is 47.5 Å². The predicted octanol–water partition coefficient (Wildman–Crippen LogP) is 0.534. The van der Waals surface area contributed by atoms with Crippen molar-refractivity contribution < 1.29 is 85.7 Å². The molecule has 2 aliphatic rings. The zero-order valence-corrected chi connectivity index (χ0v) is 29.0. The summed E-state index contributed by atoms with van der Waals surface area (Å²) in [7, 11) is 1.62. The van der Waals surface area contributed by atoms with E-state index in [0.717, 1.165) is 77.0 Å². The molecule has 0 spiro atoms. The van der Waals surface area contributed by atoms with Crippen LogP contribution in [0.2, 0.25) is 0 Å². The van der Waals surface area contributed by atoms with Crippen LogP contribution in [0.25, 0.3) is 0 Å². The van der Waals surface area contributed by atoms with Gasteiger partial charge in [-0.15, -0.1) is 0 Å². The minimum atomic E-state index is -1.46. The molecule has 10 atom stereocenters. The fourth-order valence-electron chi connectivity index (χ4n) is 4.64. The summed E-state index contributed by atoms with van der Waals surface area (Å²) in [5, 5.41) is 0. The molecule has 0 saturated carbocycles. The summed E-state index contributed by atoms with van der Waals surface area (Å²) in [6, 6.07) is 0. The Morgan fingerprint density at radius 2 is 0.646 bits per heavy atom. The van der Waals surface area contributed by atoms with Gasteiger partial charge in [-0.3, -0.25) is 38.4 Å². The van der Waals surface area contributed by atoms with Crippen molar-refractivity contribution in [1.82, 2.24) is 0 Å². The smallest absolute Gasteiger partial charge is 0.303 e. The molecule has 2 fully saturated rings. The maximum absolute atomic E-state index is 12.2. The van der Waals surface area contributed by atoms with E-state index in [2.05, 4.69) is 0 Å². The van der Waals surface area contributed by atoms with Gasteiger partial charge in [0.1, 0.15) is 25.4 Å². The zero-order valence-electron chi connectivity index (χ0n) is 27.4. The van der Waals surface area contributed by atoms with Gasteiger partial charge < -0.3 is 47.4 Å². The van der Waals surface area contributed by atoms with Crippen molar-refractivity contribution >= 4 is 69.3 Å². The Balaban J connectivity index is 2.57. The molecule has 0 unspecified atom stereocenters. The van der Waals surface area contributed by atoms with E-state index in [-0.39, 0.29) is 0 Å². The molecule has 2 aliphatic heterocycles. The highest BCUT2D eigenvalue weighted by Gasteiger charge is 2.55. The minimum Gasteiger partial charge on any atom is -0.463 e. The van der Waals surface area contributed by atoms with Crippen molar-refractivity contribution in [3.63, 3.8) is 0 Å². The number of hydrogen-bond donors (Lipinski definition) is 0. The van der Waals surface area contributed by atoms with Crippen molar-refractivity contribution in [2.24, 2.45) is 0 Å². The molecule has 0 aromatic carbocycles. The van der Waals surface area contributed by atoms with E-state index in [9.17, 15) is 38.4 Å². The second-order valence-corrected chi connectivity index (χ2v) is 12.8. The molecule has 0 N–H and O–H groups in total. The standard InChI is InChI=1S/C28H38O18S2/c1-11(29)37-9-19-21(39-13(3)31)23(41-15(5)33)25(43-17(7)35)27(45-19)47-48-28-26(44-18(8)36)24(42-16(6)34)22(40-14(4)32)20(46-28)10-38-12(2)30/h19-28H,9-10H2,1-8H3/t19-,20+,21+,22-,23+,24-,25+,26-,27+,28-. The third-order valence-electron chi connectivity index (χ3n) is 6.14. The minimum absolute atomic E-state index is 0.474. The number of carbonyl (C=O) groups is 8. The van der Waals surface area contributed by atoms with Gasteiger partial charge in [0, 0.05) is 55.4 Å². The van der Waals surface area contributed by atoms with E-state index in [1.807, 2.05) is 0 Å². The van der Waals surface area contributed by atoms with Crippen molar-refractivity contribution in [3.8, 4) is 0 Å². The molecule has 0 aliphatic carbocycles. The van der Waals surface area contributed by atoms with Crippen LogP contribution in [0.5, 0.6) is 0 Å². The summed E-state index contributed by atoms with van der Waals surface area (Å²) in [4.78, 5) is 96.1. The average Bonchev–Trinajstić information content (AvgIpc) is 2.93. The lowest BCUT2D eigenvalue weighted by molar-refractivity contribution is -0.238. The Bertz CT molecular complexity index is 1130. The van der Waals surface area contributed by atoms with Gasteiger partial charge >= 0.3 is 47.8 Å². The lowest BCUT2D eigenvalue weighted by atomic mass is 9.99. The van der Waals surface area contributed by atoms with Crippen molar-refractivity contribution in [2.75, 3.05) is 13.2 Å². The van der Waals surface area contributed by atoms with Crippen LogP contribution in [0.15, 0.2) is 0 Å². The Labute approximate surface area is 283 Å². The van der Waals surface area contributed by atoms with Crippen molar-refractivity contribution in [2.45, 2.75) is 115 Å². The molecule has 20 heteroatoms.